The van der Waals surface area contributed by atoms with Gasteiger partial charge in [0.2, 0.25) is 0 Å². The fourth-order valence-corrected chi connectivity index (χ4v) is 4.07. The molecule has 4 heterocycles. The van der Waals surface area contributed by atoms with Gasteiger partial charge in [-0.05, 0) is 53.2 Å². The van der Waals surface area contributed by atoms with Gasteiger partial charge >= 0.3 is 6.09 Å². The molecule has 2 N–H and O–H groups in total. The molecule has 1 amide bonds. The van der Waals surface area contributed by atoms with Gasteiger partial charge in [-0.3, -0.25) is 0 Å². The number of nitrogens with zero attached hydrogens (tertiary/aromatic N) is 5. The Labute approximate surface area is 213 Å². The van der Waals surface area contributed by atoms with E-state index in [2.05, 4.69) is 20.4 Å². The summed E-state index contributed by atoms with van der Waals surface area (Å²) < 4.78 is 41.8. The minimum atomic E-state index is -1.32. The number of hydrogen-bond acceptors (Lipinski definition) is 8. The Hall–Kier alpha value is -3.54. The number of hydrogen-bond donors (Lipinski definition) is 2. The van der Waals surface area contributed by atoms with Crippen molar-refractivity contribution in [3.8, 4) is 17.1 Å². The van der Waals surface area contributed by atoms with Crippen LogP contribution in [0.4, 0.5) is 19.4 Å². The van der Waals surface area contributed by atoms with E-state index < -0.39 is 35.3 Å². The molecule has 3 aromatic rings. The molecule has 0 bridgehead atoms. The summed E-state index contributed by atoms with van der Waals surface area (Å²) in [6.45, 7) is 8.61. The van der Waals surface area contributed by atoms with Crippen molar-refractivity contribution in [3.05, 3.63) is 35.9 Å². The van der Waals surface area contributed by atoms with Gasteiger partial charge in [-0.2, -0.15) is 5.10 Å². The number of rotatable bonds is 5. The van der Waals surface area contributed by atoms with Crippen LogP contribution in [0.25, 0.3) is 17.0 Å². The van der Waals surface area contributed by atoms with Gasteiger partial charge in [-0.25, -0.2) is 28.1 Å². The van der Waals surface area contributed by atoms with Crippen molar-refractivity contribution >= 4 is 17.6 Å². The lowest BCUT2D eigenvalue weighted by molar-refractivity contribution is 0.0150. The van der Waals surface area contributed by atoms with Gasteiger partial charge in [0.05, 0.1) is 25.0 Å². The van der Waals surface area contributed by atoms with E-state index in [0.29, 0.717) is 22.8 Å². The van der Waals surface area contributed by atoms with Crippen LogP contribution in [-0.2, 0) is 10.3 Å². The van der Waals surface area contributed by atoms with Crippen LogP contribution in [0.3, 0.4) is 0 Å². The number of carbonyl (C=O) groups excluding carboxylic acids is 1. The van der Waals surface area contributed by atoms with Crippen LogP contribution in [0.1, 0.15) is 46.7 Å². The Morgan fingerprint density at radius 1 is 1.24 bits per heavy atom. The Kier molecular flexibility index (Phi) is 6.97. The predicted molar refractivity (Wildman–Crippen MR) is 133 cm³/mol. The fourth-order valence-electron chi connectivity index (χ4n) is 4.07. The molecule has 1 aliphatic heterocycles. The van der Waals surface area contributed by atoms with E-state index in [-0.39, 0.29) is 31.0 Å². The number of piperidine rings is 1. The minimum Gasteiger partial charge on any atom is -0.495 e. The first-order valence-electron chi connectivity index (χ1n) is 12.0. The molecular formula is C25H32F2N6O4. The van der Waals surface area contributed by atoms with Crippen molar-refractivity contribution in [2.24, 2.45) is 0 Å². The number of pyridine rings is 1. The topological polar surface area (TPSA) is 114 Å². The molecule has 200 valence electrons. The maximum absolute atomic E-state index is 14.8. The van der Waals surface area contributed by atoms with Crippen LogP contribution in [-0.4, -0.2) is 73.7 Å². The number of nitrogens with one attached hydrogen (secondary N) is 1. The molecule has 0 aliphatic carbocycles. The number of ether oxygens (including phenoxy) is 2. The highest BCUT2D eigenvalue weighted by Crippen LogP contribution is 2.31. The smallest absolute Gasteiger partial charge is 0.410 e. The van der Waals surface area contributed by atoms with E-state index >= 15 is 0 Å². The van der Waals surface area contributed by atoms with Crippen LogP contribution in [0.15, 0.2) is 24.4 Å². The second-order valence-electron chi connectivity index (χ2n) is 10.5. The largest absolute Gasteiger partial charge is 0.495 e. The number of aliphatic hydroxyl groups is 1. The van der Waals surface area contributed by atoms with Gasteiger partial charge in [0, 0.05) is 19.2 Å². The quantitative estimate of drug-likeness (QED) is 0.522. The number of halogens is 2. The first-order chi connectivity index (χ1) is 17.3. The van der Waals surface area contributed by atoms with Crippen molar-refractivity contribution in [2.45, 2.75) is 64.5 Å². The highest BCUT2D eigenvalue weighted by molar-refractivity contribution is 5.68. The number of fused-ring (bicyclic) bond motifs is 1. The number of alkyl halides is 1. The van der Waals surface area contributed by atoms with Crippen LogP contribution in [0.5, 0.6) is 5.75 Å². The van der Waals surface area contributed by atoms with E-state index in [1.165, 1.54) is 34.9 Å². The average molecular weight is 519 g/mol. The number of aromatic nitrogens is 4. The van der Waals surface area contributed by atoms with Gasteiger partial charge in [0.15, 0.2) is 17.3 Å². The second-order valence-corrected chi connectivity index (χ2v) is 10.5. The molecule has 0 spiro atoms. The molecule has 12 heteroatoms. The maximum atomic E-state index is 14.8. The highest BCUT2D eigenvalue weighted by Gasteiger charge is 2.34. The van der Waals surface area contributed by atoms with Gasteiger partial charge in [0.1, 0.15) is 34.5 Å². The van der Waals surface area contributed by atoms with E-state index in [4.69, 9.17) is 9.47 Å². The normalized spacial score (nSPS) is 18.7. The van der Waals surface area contributed by atoms with Crippen molar-refractivity contribution in [1.29, 1.82) is 0 Å². The number of likely N-dealkylation sites (tertiary alicyclic amines) is 1. The molecule has 4 rings (SSSR count). The lowest BCUT2D eigenvalue weighted by Gasteiger charge is -2.36. The zero-order valence-electron chi connectivity index (χ0n) is 21.7. The first-order valence-corrected chi connectivity index (χ1v) is 12.0. The lowest BCUT2D eigenvalue weighted by atomic mass is 10.0. The van der Waals surface area contributed by atoms with Gasteiger partial charge in [0.25, 0.3) is 0 Å². The van der Waals surface area contributed by atoms with Crippen LogP contribution in [0, 0.1) is 5.82 Å². The molecule has 0 saturated carbocycles. The van der Waals surface area contributed by atoms with Crippen LogP contribution >= 0.6 is 0 Å². The summed E-state index contributed by atoms with van der Waals surface area (Å²) in [5.41, 5.74) is -0.517. The Morgan fingerprint density at radius 2 is 1.97 bits per heavy atom. The molecule has 3 aromatic heterocycles. The monoisotopic (exact) mass is 518 g/mol. The van der Waals surface area contributed by atoms with Crippen molar-refractivity contribution < 1.29 is 28.2 Å². The molecule has 10 nitrogen and oxygen atoms in total. The number of imidazole rings is 1. The van der Waals surface area contributed by atoms with Crippen LogP contribution < -0.4 is 10.1 Å². The second kappa shape index (κ2) is 9.73. The third-order valence-electron chi connectivity index (χ3n) is 5.87. The van der Waals surface area contributed by atoms with Crippen molar-refractivity contribution in [2.75, 3.05) is 25.5 Å². The summed E-state index contributed by atoms with van der Waals surface area (Å²) in [6, 6.07) is 3.42. The third kappa shape index (κ3) is 5.74. The SMILES string of the molecule is COc1cc2ncc(-c3ccc(F)c(N[C@H]4CN(C(=O)OC(C)(C)C)CC[C@@H]4F)n3)n2nc1C(C)(C)O. The molecule has 0 radical (unpaired) electrons. The summed E-state index contributed by atoms with van der Waals surface area (Å²) >= 11 is 0. The standard InChI is InChI=1S/C25H32F2N6O4/c1-24(2,3)37-23(34)32-10-9-14(26)17(13-32)30-22-15(27)7-8-16(29-22)18-12-28-20-11-19(36-6)21(25(4,5)35)31-33(18)20/h7-8,11-12,14,17,35H,9-10,13H2,1-6H3,(H,29,30)/t14-,17-/m0/s1. The molecule has 1 aliphatic rings. The Balaban J connectivity index is 1.63. The number of anilines is 1. The van der Waals surface area contributed by atoms with E-state index in [0.717, 1.165) is 0 Å². The summed E-state index contributed by atoms with van der Waals surface area (Å²) in [4.78, 5) is 22.6. The summed E-state index contributed by atoms with van der Waals surface area (Å²) in [5, 5.41) is 17.9. The predicted octanol–water partition coefficient (Wildman–Crippen LogP) is 3.93. The molecule has 1 saturated heterocycles. The van der Waals surface area contributed by atoms with Gasteiger partial charge in [-0.1, -0.05) is 0 Å². The van der Waals surface area contributed by atoms with Gasteiger partial charge in [-0.15, -0.1) is 0 Å². The molecule has 37 heavy (non-hydrogen) atoms. The number of amides is 1. The number of methoxy groups -OCH3 is 1. The average Bonchev–Trinajstić information content (AvgIpc) is 3.22. The summed E-state index contributed by atoms with van der Waals surface area (Å²) in [6.07, 6.45) is -0.272. The van der Waals surface area contributed by atoms with Crippen LogP contribution in [0.2, 0.25) is 0 Å². The Morgan fingerprint density at radius 3 is 2.62 bits per heavy atom. The molecule has 1 fully saturated rings. The highest BCUT2D eigenvalue weighted by atomic mass is 19.1. The maximum Gasteiger partial charge on any atom is 0.410 e. The molecule has 0 unspecified atom stereocenters. The van der Waals surface area contributed by atoms with Crippen molar-refractivity contribution in [3.63, 3.8) is 0 Å². The zero-order chi connectivity index (χ0) is 27.1. The zero-order valence-corrected chi connectivity index (χ0v) is 21.7. The lowest BCUT2D eigenvalue weighted by Crippen LogP contribution is -2.52. The summed E-state index contributed by atoms with van der Waals surface area (Å²) in [5.74, 6) is -0.472. The van der Waals surface area contributed by atoms with E-state index in [9.17, 15) is 18.7 Å². The van der Waals surface area contributed by atoms with Gasteiger partial charge < -0.3 is 24.8 Å². The molecular weight excluding hydrogens is 486 g/mol. The first kappa shape index (κ1) is 26.5. The number of carbonyl (C=O) groups is 1. The summed E-state index contributed by atoms with van der Waals surface area (Å²) in [7, 11) is 1.47. The molecule has 2 atom stereocenters. The fraction of sp³-hybridized carbons (Fsp3) is 0.520. The van der Waals surface area contributed by atoms with E-state index in [1.54, 1.807) is 40.7 Å². The third-order valence-corrected chi connectivity index (χ3v) is 5.87. The molecule has 0 aromatic carbocycles. The Bertz CT molecular complexity index is 1300. The van der Waals surface area contributed by atoms with E-state index in [1.807, 2.05) is 0 Å². The van der Waals surface area contributed by atoms with Crippen molar-refractivity contribution in [1.82, 2.24) is 24.5 Å². The minimum absolute atomic E-state index is 0.00661.